The van der Waals surface area contributed by atoms with Gasteiger partial charge in [-0.05, 0) is 48.7 Å². The van der Waals surface area contributed by atoms with E-state index in [1.165, 1.54) is 0 Å². The van der Waals surface area contributed by atoms with Gasteiger partial charge in [-0.15, -0.1) is 0 Å². The quantitative estimate of drug-likeness (QED) is 0.625. The minimum atomic E-state index is -0.778. The summed E-state index contributed by atoms with van der Waals surface area (Å²) in [6.07, 6.45) is 1.36. The van der Waals surface area contributed by atoms with Gasteiger partial charge in [0.1, 0.15) is 11.6 Å². The Morgan fingerprint density at radius 1 is 1.10 bits per heavy atom. The second-order valence-corrected chi connectivity index (χ2v) is 7.41. The summed E-state index contributed by atoms with van der Waals surface area (Å²) in [6.45, 7) is 1.32. The normalized spacial score (nSPS) is 14.2. The van der Waals surface area contributed by atoms with E-state index >= 15 is 0 Å². The molecule has 0 unspecified atom stereocenters. The Hall–Kier alpha value is -3.36. The first-order valence-electron chi connectivity index (χ1n) is 10.1. The molecule has 0 bridgehead atoms. The van der Waals surface area contributed by atoms with Gasteiger partial charge in [0, 0.05) is 43.3 Å². The second kappa shape index (κ2) is 10.6. The van der Waals surface area contributed by atoms with Crippen LogP contribution >= 0.6 is 0 Å². The minimum absolute atomic E-state index is 0.0581. The zero-order chi connectivity index (χ0) is 22.2. The number of likely N-dealkylation sites (tertiary alicyclic amines) is 1. The Morgan fingerprint density at radius 3 is 2.48 bits per heavy atom. The van der Waals surface area contributed by atoms with Crippen molar-refractivity contribution in [3.63, 3.8) is 0 Å². The van der Waals surface area contributed by atoms with Crippen molar-refractivity contribution in [2.45, 2.75) is 31.8 Å². The molecule has 7 nitrogen and oxygen atoms in total. The van der Waals surface area contributed by atoms with Gasteiger partial charge in [-0.2, -0.15) is 0 Å². The van der Waals surface area contributed by atoms with Crippen molar-refractivity contribution in [2.24, 2.45) is 5.73 Å². The summed E-state index contributed by atoms with van der Waals surface area (Å²) in [4.78, 5) is 24.6. The molecule has 4 N–H and O–H groups in total. The number of halogens is 2. The van der Waals surface area contributed by atoms with Gasteiger partial charge in [0.05, 0.1) is 6.61 Å². The highest BCUT2D eigenvalue weighted by Crippen LogP contribution is 2.18. The summed E-state index contributed by atoms with van der Waals surface area (Å²) in [5, 5.41) is 6.11. The maximum atomic E-state index is 13.7. The van der Waals surface area contributed by atoms with E-state index in [1.807, 2.05) is 24.3 Å². The molecule has 3 amide bonds. The average molecular weight is 432 g/mol. The zero-order valence-electron chi connectivity index (χ0n) is 17.1. The van der Waals surface area contributed by atoms with E-state index in [9.17, 15) is 18.4 Å². The molecule has 1 aliphatic heterocycles. The van der Waals surface area contributed by atoms with Gasteiger partial charge in [-0.1, -0.05) is 12.1 Å². The topological polar surface area (TPSA) is 96.7 Å². The third-order valence-electron chi connectivity index (χ3n) is 5.18. The van der Waals surface area contributed by atoms with Crippen LogP contribution in [-0.4, -0.2) is 42.8 Å². The Kier molecular flexibility index (Phi) is 7.64. The third kappa shape index (κ3) is 6.84. The summed E-state index contributed by atoms with van der Waals surface area (Å²) in [6, 6.07) is 11.0. The molecule has 9 heteroatoms. The molecule has 0 aliphatic carbocycles. The molecule has 0 saturated carbocycles. The van der Waals surface area contributed by atoms with Crippen LogP contribution in [-0.2, 0) is 17.7 Å². The van der Waals surface area contributed by atoms with Crippen LogP contribution in [0.5, 0.6) is 0 Å². The third-order valence-corrected chi connectivity index (χ3v) is 5.18. The van der Waals surface area contributed by atoms with Gasteiger partial charge in [-0.3, -0.25) is 0 Å². The highest BCUT2D eigenvalue weighted by molar-refractivity contribution is 5.74. The number of amides is 3. The van der Waals surface area contributed by atoms with Gasteiger partial charge < -0.3 is 26.0 Å². The van der Waals surface area contributed by atoms with Crippen molar-refractivity contribution in [3.05, 3.63) is 65.2 Å². The summed E-state index contributed by atoms with van der Waals surface area (Å²) >= 11 is 0. The highest BCUT2D eigenvalue weighted by atomic mass is 19.1. The van der Waals surface area contributed by atoms with E-state index in [4.69, 9.17) is 10.5 Å². The van der Waals surface area contributed by atoms with Crippen LogP contribution in [0.25, 0.3) is 0 Å². The standard InChI is InChI=1S/C22H26F2N4O3/c23-17-3-6-20(24)16(13-17)14-26-22(30)28-10-7-19(8-11-28)27-18-4-1-15(2-5-18)9-12-31-21(25)29/h1-6,13,19,27H,7-12,14H2,(H2,25,29)(H,26,30). The summed E-state index contributed by atoms with van der Waals surface area (Å²) in [5.74, 6) is -1.08. The Balaban J connectivity index is 1.40. The van der Waals surface area contributed by atoms with Crippen LogP contribution in [0.4, 0.5) is 24.1 Å². The SMILES string of the molecule is NC(=O)OCCc1ccc(NC2CCN(C(=O)NCc3cc(F)ccc3F)CC2)cc1. The molecule has 31 heavy (non-hydrogen) atoms. The lowest BCUT2D eigenvalue weighted by Crippen LogP contribution is -2.46. The maximum absolute atomic E-state index is 13.7. The van der Waals surface area contributed by atoms with Crippen molar-refractivity contribution in [2.75, 3.05) is 25.0 Å². The predicted molar refractivity (Wildman–Crippen MR) is 112 cm³/mol. The van der Waals surface area contributed by atoms with E-state index < -0.39 is 17.7 Å². The van der Waals surface area contributed by atoms with Crippen LogP contribution in [0.3, 0.4) is 0 Å². The number of rotatable bonds is 7. The second-order valence-electron chi connectivity index (χ2n) is 7.41. The molecule has 1 fully saturated rings. The van der Waals surface area contributed by atoms with Crippen LogP contribution in [0.15, 0.2) is 42.5 Å². The number of nitrogens with zero attached hydrogens (tertiary/aromatic N) is 1. The molecular formula is C22H26F2N4O3. The molecule has 2 aromatic carbocycles. The first-order valence-corrected chi connectivity index (χ1v) is 10.1. The van der Waals surface area contributed by atoms with Crippen LogP contribution < -0.4 is 16.4 Å². The van der Waals surface area contributed by atoms with E-state index in [-0.39, 0.29) is 30.8 Å². The maximum Gasteiger partial charge on any atom is 0.404 e. The molecule has 3 rings (SSSR count). The van der Waals surface area contributed by atoms with E-state index in [1.54, 1.807) is 4.90 Å². The molecule has 0 aromatic heterocycles. The number of urea groups is 1. The van der Waals surface area contributed by atoms with Crippen molar-refractivity contribution in [1.82, 2.24) is 10.2 Å². The molecule has 0 atom stereocenters. The first-order chi connectivity index (χ1) is 14.9. The van der Waals surface area contributed by atoms with Gasteiger partial charge in [-0.25, -0.2) is 18.4 Å². The molecular weight excluding hydrogens is 406 g/mol. The number of nitrogens with two attached hydrogens (primary N) is 1. The fourth-order valence-corrected chi connectivity index (χ4v) is 3.46. The minimum Gasteiger partial charge on any atom is -0.449 e. The lowest BCUT2D eigenvalue weighted by molar-refractivity contribution is 0.158. The molecule has 0 spiro atoms. The number of anilines is 1. The number of carbonyl (C=O) groups is 2. The van der Waals surface area contributed by atoms with Crippen molar-refractivity contribution in [3.8, 4) is 0 Å². The molecule has 166 valence electrons. The highest BCUT2D eigenvalue weighted by Gasteiger charge is 2.22. The van der Waals surface area contributed by atoms with Gasteiger partial charge >= 0.3 is 12.1 Å². The largest absolute Gasteiger partial charge is 0.449 e. The molecule has 1 heterocycles. The predicted octanol–water partition coefficient (Wildman–Crippen LogP) is 3.39. The number of hydrogen-bond acceptors (Lipinski definition) is 4. The number of primary amides is 1. The Labute approximate surface area is 179 Å². The molecule has 2 aromatic rings. The monoisotopic (exact) mass is 432 g/mol. The number of piperidine rings is 1. The summed E-state index contributed by atoms with van der Waals surface area (Å²) < 4.78 is 31.6. The fourth-order valence-electron chi connectivity index (χ4n) is 3.46. The van der Waals surface area contributed by atoms with E-state index in [0.29, 0.717) is 19.5 Å². The van der Waals surface area contributed by atoms with Crippen LogP contribution in [0.2, 0.25) is 0 Å². The molecule has 0 radical (unpaired) electrons. The average Bonchev–Trinajstić information content (AvgIpc) is 2.75. The summed E-state index contributed by atoms with van der Waals surface area (Å²) in [7, 11) is 0. The number of carbonyl (C=O) groups excluding carboxylic acids is 2. The lowest BCUT2D eigenvalue weighted by Gasteiger charge is -2.33. The molecule has 1 aliphatic rings. The first kappa shape index (κ1) is 22.3. The lowest BCUT2D eigenvalue weighted by atomic mass is 10.0. The van der Waals surface area contributed by atoms with Crippen LogP contribution in [0.1, 0.15) is 24.0 Å². The number of ether oxygens (including phenoxy) is 1. The Morgan fingerprint density at radius 2 is 1.81 bits per heavy atom. The van der Waals surface area contributed by atoms with E-state index in [2.05, 4.69) is 10.6 Å². The van der Waals surface area contributed by atoms with Crippen molar-refractivity contribution >= 4 is 17.8 Å². The van der Waals surface area contributed by atoms with Gasteiger partial charge in [0.2, 0.25) is 0 Å². The van der Waals surface area contributed by atoms with Gasteiger partial charge in [0.25, 0.3) is 0 Å². The number of hydrogen-bond donors (Lipinski definition) is 3. The summed E-state index contributed by atoms with van der Waals surface area (Å²) in [5.41, 5.74) is 7.07. The fraction of sp³-hybridized carbons (Fsp3) is 0.364. The van der Waals surface area contributed by atoms with Crippen LogP contribution in [0, 0.1) is 11.6 Å². The number of benzene rings is 2. The molecule has 1 saturated heterocycles. The van der Waals surface area contributed by atoms with Crippen molar-refractivity contribution in [1.29, 1.82) is 0 Å². The zero-order valence-corrected chi connectivity index (χ0v) is 17.1. The van der Waals surface area contributed by atoms with Gasteiger partial charge in [0.15, 0.2) is 0 Å². The van der Waals surface area contributed by atoms with E-state index in [0.717, 1.165) is 42.3 Å². The smallest absolute Gasteiger partial charge is 0.404 e. The Bertz CT molecular complexity index is 900. The number of nitrogens with one attached hydrogen (secondary N) is 2. The van der Waals surface area contributed by atoms with Crippen molar-refractivity contribution < 1.29 is 23.1 Å².